The maximum absolute atomic E-state index is 12.9. The smallest absolute Gasteiger partial charge is 0.229 e. The van der Waals surface area contributed by atoms with Gasteiger partial charge in [0.05, 0.1) is 16.4 Å². The zero-order valence-corrected chi connectivity index (χ0v) is 13.6. The first kappa shape index (κ1) is 15.9. The number of benzene rings is 1. The van der Waals surface area contributed by atoms with E-state index in [1.165, 1.54) is 0 Å². The molecule has 1 atom stereocenters. The van der Waals surface area contributed by atoms with Crippen molar-refractivity contribution >= 4 is 35.8 Å². The Morgan fingerprint density at radius 2 is 2.10 bits per heavy atom. The maximum atomic E-state index is 12.9. The Hall–Kier alpha value is -0.510. The molecule has 112 valence electrons. The molecule has 0 spiro atoms. The van der Waals surface area contributed by atoms with E-state index < -0.39 is 25.7 Å². The zero-order chi connectivity index (χ0) is 15.0. The van der Waals surface area contributed by atoms with Gasteiger partial charge in [0.2, 0.25) is 10.0 Å². The Kier molecular flexibility index (Phi) is 4.53. The molecule has 2 rings (SSSR count). The predicted molar refractivity (Wildman–Crippen MR) is 76.0 cm³/mol. The van der Waals surface area contributed by atoms with E-state index in [4.69, 9.17) is 0 Å². The molecule has 1 heterocycles. The zero-order valence-electron chi connectivity index (χ0n) is 10.3. The number of sulfonamides is 1. The van der Waals surface area contributed by atoms with E-state index in [0.29, 0.717) is 6.42 Å². The van der Waals surface area contributed by atoms with E-state index in [-0.39, 0.29) is 33.3 Å². The van der Waals surface area contributed by atoms with Gasteiger partial charge in [-0.05, 0) is 46.5 Å². The number of sulfone groups is 1. The van der Waals surface area contributed by atoms with Crippen LogP contribution in [0.5, 0.6) is 0 Å². The fourth-order valence-electron chi connectivity index (χ4n) is 2.03. The summed E-state index contributed by atoms with van der Waals surface area (Å²) in [6, 6.07) is 3.28. The highest BCUT2D eigenvalue weighted by molar-refractivity contribution is 9.10. The molecule has 1 aromatic carbocycles. The number of hydrogen-bond acceptors (Lipinski definition) is 4. The van der Waals surface area contributed by atoms with Crippen molar-refractivity contribution in [2.75, 3.05) is 18.1 Å². The van der Waals surface area contributed by atoms with Crippen LogP contribution in [0.3, 0.4) is 0 Å². The lowest BCUT2D eigenvalue weighted by molar-refractivity contribution is 0.542. The second-order valence-electron chi connectivity index (χ2n) is 4.70. The summed E-state index contributed by atoms with van der Waals surface area (Å²) in [6.07, 6.45) is 0.454. The molecule has 0 saturated carbocycles. The monoisotopic (exact) mass is 385 g/mol. The molecule has 1 aromatic rings. The van der Waals surface area contributed by atoms with E-state index in [2.05, 4.69) is 20.7 Å². The van der Waals surface area contributed by atoms with Crippen LogP contribution in [0.1, 0.15) is 6.42 Å². The van der Waals surface area contributed by atoms with Crippen LogP contribution in [0, 0.1) is 11.7 Å². The van der Waals surface area contributed by atoms with E-state index >= 15 is 0 Å². The van der Waals surface area contributed by atoms with Crippen molar-refractivity contribution in [1.82, 2.24) is 4.72 Å². The van der Waals surface area contributed by atoms with Gasteiger partial charge in [-0.3, -0.25) is 0 Å². The lowest BCUT2D eigenvalue weighted by Gasteiger charge is -2.11. The van der Waals surface area contributed by atoms with Crippen molar-refractivity contribution < 1.29 is 21.2 Å². The Morgan fingerprint density at radius 1 is 1.40 bits per heavy atom. The number of halogens is 2. The minimum atomic E-state index is -3.79. The van der Waals surface area contributed by atoms with Gasteiger partial charge in [0.15, 0.2) is 9.84 Å². The predicted octanol–water partition coefficient (Wildman–Crippen LogP) is 1.30. The topological polar surface area (TPSA) is 80.3 Å². The molecule has 1 saturated heterocycles. The third-order valence-electron chi connectivity index (χ3n) is 3.07. The first-order chi connectivity index (χ1) is 9.20. The third-order valence-corrected chi connectivity index (χ3v) is 7.31. The van der Waals surface area contributed by atoms with Crippen molar-refractivity contribution in [3.05, 3.63) is 28.5 Å². The molecule has 0 radical (unpaired) electrons. The molecule has 20 heavy (non-hydrogen) atoms. The normalized spacial score (nSPS) is 22.0. The quantitative estimate of drug-likeness (QED) is 0.846. The lowest BCUT2D eigenvalue weighted by atomic mass is 10.1. The van der Waals surface area contributed by atoms with Crippen LogP contribution < -0.4 is 4.72 Å². The summed E-state index contributed by atoms with van der Waals surface area (Å²) in [7, 11) is -6.83. The molecule has 0 unspecified atom stereocenters. The SMILES string of the molecule is O=S1(=O)CC[C@@H](CNS(=O)(=O)c2ccc(F)cc2Br)C1. The van der Waals surface area contributed by atoms with Crippen molar-refractivity contribution in [2.24, 2.45) is 5.92 Å². The van der Waals surface area contributed by atoms with Gasteiger partial charge in [0.1, 0.15) is 5.82 Å². The third kappa shape index (κ3) is 3.78. The van der Waals surface area contributed by atoms with E-state index in [9.17, 15) is 21.2 Å². The summed E-state index contributed by atoms with van der Waals surface area (Å²) in [6.45, 7) is 0.0609. The van der Waals surface area contributed by atoms with Gasteiger partial charge in [-0.15, -0.1) is 0 Å². The minimum Gasteiger partial charge on any atom is -0.229 e. The van der Waals surface area contributed by atoms with Gasteiger partial charge >= 0.3 is 0 Å². The van der Waals surface area contributed by atoms with E-state index in [1.807, 2.05) is 0 Å². The van der Waals surface area contributed by atoms with Crippen LogP contribution in [0.15, 0.2) is 27.6 Å². The summed E-state index contributed by atoms with van der Waals surface area (Å²) < 4.78 is 62.2. The summed E-state index contributed by atoms with van der Waals surface area (Å²) in [5.41, 5.74) is 0. The van der Waals surface area contributed by atoms with Gasteiger partial charge in [0.25, 0.3) is 0 Å². The molecule has 9 heteroatoms. The van der Waals surface area contributed by atoms with Gasteiger partial charge in [-0.25, -0.2) is 25.9 Å². The second-order valence-corrected chi connectivity index (χ2v) is 9.51. The Labute approximate surface area is 125 Å². The highest BCUT2D eigenvalue weighted by Crippen LogP contribution is 2.23. The van der Waals surface area contributed by atoms with Crippen LogP contribution in [0.4, 0.5) is 4.39 Å². The van der Waals surface area contributed by atoms with Crippen LogP contribution in [0.2, 0.25) is 0 Å². The Bertz CT molecular complexity index is 718. The summed E-state index contributed by atoms with van der Waals surface area (Å²) in [5.74, 6) is -0.661. The van der Waals surface area contributed by atoms with Gasteiger partial charge < -0.3 is 0 Å². The van der Waals surface area contributed by atoms with Crippen molar-refractivity contribution in [1.29, 1.82) is 0 Å². The largest absolute Gasteiger partial charge is 0.241 e. The minimum absolute atomic E-state index is 0.000107. The first-order valence-corrected chi connectivity index (χ1v) is 9.94. The molecule has 1 N–H and O–H groups in total. The Morgan fingerprint density at radius 3 is 2.65 bits per heavy atom. The van der Waals surface area contributed by atoms with Gasteiger partial charge in [0, 0.05) is 11.0 Å². The molecule has 0 amide bonds. The molecular formula is C11H13BrFNO4S2. The lowest BCUT2D eigenvalue weighted by Crippen LogP contribution is -2.30. The van der Waals surface area contributed by atoms with Gasteiger partial charge in [-0.1, -0.05) is 0 Å². The summed E-state index contributed by atoms with van der Waals surface area (Å²) in [5, 5.41) is 0. The van der Waals surface area contributed by atoms with Crippen molar-refractivity contribution in [3.8, 4) is 0 Å². The highest BCUT2D eigenvalue weighted by atomic mass is 79.9. The number of hydrogen-bond donors (Lipinski definition) is 1. The molecule has 1 aliphatic heterocycles. The Balaban J connectivity index is 2.08. The summed E-state index contributed by atoms with van der Waals surface area (Å²) >= 11 is 3.00. The van der Waals surface area contributed by atoms with Crippen LogP contribution in [-0.4, -0.2) is 34.9 Å². The fourth-order valence-corrected chi connectivity index (χ4v) is 6.06. The van der Waals surface area contributed by atoms with Gasteiger partial charge in [-0.2, -0.15) is 0 Å². The van der Waals surface area contributed by atoms with Crippen LogP contribution >= 0.6 is 15.9 Å². The second kappa shape index (κ2) is 5.70. The first-order valence-electron chi connectivity index (χ1n) is 5.85. The average Bonchev–Trinajstić information content (AvgIpc) is 2.66. The molecule has 0 aliphatic carbocycles. The number of rotatable bonds is 4. The maximum Gasteiger partial charge on any atom is 0.241 e. The standard InChI is InChI=1S/C11H13BrFNO4S2/c12-10-5-9(13)1-2-11(10)20(17,18)14-6-8-3-4-19(15,16)7-8/h1-2,5,8,14H,3-4,6-7H2/t8-/m0/s1. The summed E-state index contributed by atoms with van der Waals surface area (Å²) in [4.78, 5) is -0.0697. The van der Waals surface area contributed by atoms with Crippen molar-refractivity contribution in [3.63, 3.8) is 0 Å². The number of nitrogens with one attached hydrogen (secondary N) is 1. The van der Waals surface area contributed by atoms with Crippen LogP contribution in [-0.2, 0) is 19.9 Å². The molecule has 1 aliphatic rings. The fraction of sp³-hybridized carbons (Fsp3) is 0.455. The molecular weight excluding hydrogens is 373 g/mol. The van der Waals surface area contributed by atoms with E-state index in [0.717, 1.165) is 18.2 Å². The van der Waals surface area contributed by atoms with Crippen molar-refractivity contribution in [2.45, 2.75) is 11.3 Å². The molecule has 1 fully saturated rings. The molecule has 0 bridgehead atoms. The molecule has 5 nitrogen and oxygen atoms in total. The van der Waals surface area contributed by atoms with E-state index in [1.54, 1.807) is 0 Å². The highest BCUT2D eigenvalue weighted by Gasteiger charge is 2.29. The average molecular weight is 386 g/mol. The van der Waals surface area contributed by atoms with Crippen LogP contribution in [0.25, 0.3) is 0 Å². The molecule has 0 aromatic heterocycles.